The van der Waals surface area contributed by atoms with Crippen molar-refractivity contribution in [3.63, 3.8) is 0 Å². The molecule has 7 heteroatoms. The van der Waals surface area contributed by atoms with Crippen molar-refractivity contribution in [3.8, 4) is 11.5 Å². The van der Waals surface area contributed by atoms with Crippen LogP contribution in [-0.4, -0.2) is 19.9 Å². The third kappa shape index (κ3) is 3.46. The van der Waals surface area contributed by atoms with Crippen LogP contribution >= 0.6 is 12.2 Å². The summed E-state index contributed by atoms with van der Waals surface area (Å²) in [5.74, 6) is 0.171. The first-order valence-corrected chi connectivity index (χ1v) is 12.2. The quantitative estimate of drug-likeness (QED) is 0.276. The Kier molecular flexibility index (Phi) is 5.44. The van der Waals surface area contributed by atoms with E-state index >= 15 is 0 Å². The van der Waals surface area contributed by atoms with Crippen LogP contribution < -0.4 is 29.9 Å². The Morgan fingerprint density at radius 1 is 1.03 bits per heavy atom. The fraction of sp³-hybridized carbons (Fsp3) is 0.227. The van der Waals surface area contributed by atoms with Gasteiger partial charge < -0.3 is 0 Å². The summed E-state index contributed by atoms with van der Waals surface area (Å²) in [6, 6.07) is 9.62. The van der Waals surface area contributed by atoms with E-state index in [1.165, 1.54) is 22.5 Å². The van der Waals surface area contributed by atoms with Gasteiger partial charge in [0.15, 0.2) is 0 Å². The van der Waals surface area contributed by atoms with E-state index in [0.29, 0.717) is 17.1 Å². The number of halogens is 1. The maximum atomic E-state index is 10.6. The fourth-order valence-corrected chi connectivity index (χ4v) is 5.83. The van der Waals surface area contributed by atoms with Crippen LogP contribution in [0.5, 0.6) is 11.5 Å². The summed E-state index contributed by atoms with van der Waals surface area (Å²) < 4.78 is 7.59. The number of aromatic nitrogens is 1. The molecule has 0 aliphatic carbocycles. The summed E-state index contributed by atoms with van der Waals surface area (Å²) in [7, 11) is 2.06. The van der Waals surface area contributed by atoms with Crippen molar-refractivity contribution in [1.29, 1.82) is 0 Å². The molecule has 0 saturated carbocycles. The van der Waals surface area contributed by atoms with E-state index in [1.54, 1.807) is 0 Å². The molecule has 0 atom stereocenters. The van der Waals surface area contributed by atoms with Crippen molar-refractivity contribution in [2.45, 2.75) is 26.7 Å². The third-order valence-electron chi connectivity index (χ3n) is 5.29. The molecule has 0 bridgehead atoms. The van der Waals surface area contributed by atoms with Gasteiger partial charge in [-0.1, -0.05) is 0 Å². The Labute approximate surface area is 186 Å². The molecule has 3 N–H and O–H groups in total. The molecular formula is C22H23IN3O2S-. The summed E-state index contributed by atoms with van der Waals surface area (Å²) >= 11 is 5.21. The number of nitrogens with zero attached hydrogens (tertiary/aromatic N) is 2. The molecule has 5 nitrogen and oxygen atoms in total. The number of anilines is 1. The van der Waals surface area contributed by atoms with E-state index in [1.807, 2.05) is 17.9 Å². The first kappa shape index (κ1) is 20.0. The number of aromatic hydroxyl groups is 2. The molecule has 29 heavy (non-hydrogen) atoms. The molecule has 0 radical (unpaired) electrons. The number of benzene rings is 2. The summed E-state index contributed by atoms with van der Waals surface area (Å²) in [6.07, 6.45) is 3.80. The van der Waals surface area contributed by atoms with Gasteiger partial charge in [-0.25, -0.2) is 0 Å². The summed E-state index contributed by atoms with van der Waals surface area (Å²) in [6.45, 7) is 4.14. The van der Waals surface area contributed by atoms with Gasteiger partial charge in [-0.15, -0.1) is 0 Å². The molecule has 1 aromatic heterocycles. The zero-order valence-corrected chi connectivity index (χ0v) is 19.5. The molecule has 4 rings (SSSR count). The number of fused-ring (bicyclic) bond motifs is 1. The summed E-state index contributed by atoms with van der Waals surface area (Å²) in [5, 5.41) is 22.5. The maximum absolute atomic E-state index is 10.6. The summed E-state index contributed by atoms with van der Waals surface area (Å²) in [5.41, 5.74) is 5.78. The van der Waals surface area contributed by atoms with Gasteiger partial charge in [0.05, 0.1) is 0 Å². The van der Waals surface area contributed by atoms with Crippen LogP contribution in [0.4, 0.5) is 5.69 Å². The molecule has 1 aliphatic rings. The van der Waals surface area contributed by atoms with Crippen LogP contribution in [0.1, 0.15) is 30.5 Å². The molecule has 1 aliphatic heterocycles. The number of hydrogen-bond acceptors (Lipinski definition) is 3. The number of aryl methyl sites for hydroxylation is 3. The average molecular weight is 520 g/mol. The predicted molar refractivity (Wildman–Crippen MR) is 118 cm³/mol. The van der Waals surface area contributed by atoms with Crippen LogP contribution in [0, 0.1) is 0 Å². The minimum atomic E-state index is -0.459. The topological polar surface area (TPSA) is 60.7 Å². The van der Waals surface area contributed by atoms with Crippen molar-refractivity contribution in [3.05, 3.63) is 57.3 Å². The first-order chi connectivity index (χ1) is 13.9. The number of rotatable bonds is 4. The third-order valence-corrected chi connectivity index (χ3v) is 7.66. The number of nitrogens with one attached hydrogen (secondary N) is 1. The van der Waals surface area contributed by atoms with E-state index < -0.39 is 21.5 Å². The Morgan fingerprint density at radius 2 is 1.79 bits per heavy atom. The van der Waals surface area contributed by atoms with Crippen LogP contribution in [0.25, 0.3) is 16.6 Å². The number of hydrogen-bond donors (Lipinski definition) is 3. The number of thiocarbonyl (C=S) groups is 1. The van der Waals surface area contributed by atoms with E-state index in [0.717, 1.165) is 23.4 Å². The van der Waals surface area contributed by atoms with Gasteiger partial charge in [0.25, 0.3) is 0 Å². The van der Waals surface area contributed by atoms with E-state index in [-0.39, 0.29) is 11.5 Å². The van der Waals surface area contributed by atoms with E-state index in [9.17, 15) is 10.2 Å². The molecule has 0 saturated heterocycles. The monoisotopic (exact) mass is 520 g/mol. The standard InChI is InChI=1S/C22H23IN3O2S/c1-4-13-8-17(21(28)10-20(13)27)19-11-23-24-22(29)26(19)15-6-7-18-16(9-15)14(5-2)12-25(18)3/h6-12,27-28H,4-5H2,1-3H3,(H,24,29)/q-1. The molecule has 3 aromatic rings. The molecule has 0 unspecified atom stereocenters. The van der Waals surface area contributed by atoms with Crippen molar-refractivity contribution in [2.75, 3.05) is 4.90 Å². The minimum absolute atomic E-state index is 0.0553. The zero-order valence-electron chi connectivity index (χ0n) is 16.5. The second-order valence-corrected chi connectivity index (χ2v) is 9.18. The Hall–Kier alpha value is -2.26. The molecular weight excluding hydrogens is 497 g/mol. The summed E-state index contributed by atoms with van der Waals surface area (Å²) in [4.78, 5) is 1.98. The molecule has 0 spiro atoms. The SMILES string of the molecule is CCc1cc(C2=C[I-]NC(=S)N2c2ccc3c(c2)c(CC)cn3C)c(O)cc1O. The Bertz CT molecular complexity index is 1150. The van der Waals surface area contributed by atoms with Crippen molar-refractivity contribution in [2.24, 2.45) is 7.05 Å². The number of phenolic OH excluding ortho intramolecular Hbond substituents is 2. The van der Waals surface area contributed by atoms with Gasteiger partial charge in [-0.3, -0.25) is 0 Å². The zero-order chi connectivity index (χ0) is 20.7. The van der Waals surface area contributed by atoms with Crippen LogP contribution in [0.2, 0.25) is 0 Å². The Morgan fingerprint density at radius 3 is 2.52 bits per heavy atom. The molecule has 152 valence electrons. The molecule has 2 aromatic carbocycles. The van der Waals surface area contributed by atoms with Crippen molar-refractivity contribution >= 4 is 39.6 Å². The van der Waals surface area contributed by atoms with Crippen LogP contribution in [0.15, 0.2) is 40.6 Å². The van der Waals surface area contributed by atoms with Crippen molar-refractivity contribution < 1.29 is 31.7 Å². The average Bonchev–Trinajstić information content (AvgIpc) is 3.03. The predicted octanol–water partition coefficient (Wildman–Crippen LogP) is 1.41. The van der Waals surface area contributed by atoms with Crippen LogP contribution in [0.3, 0.4) is 0 Å². The molecule has 2 heterocycles. The van der Waals surface area contributed by atoms with Gasteiger partial charge >= 0.3 is 187 Å². The van der Waals surface area contributed by atoms with Gasteiger partial charge in [0.2, 0.25) is 0 Å². The van der Waals surface area contributed by atoms with Gasteiger partial charge in [-0.2, -0.15) is 0 Å². The first-order valence-electron chi connectivity index (χ1n) is 9.50. The second-order valence-electron chi connectivity index (χ2n) is 7.01. The van der Waals surface area contributed by atoms with Crippen LogP contribution in [-0.2, 0) is 19.9 Å². The van der Waals surface area contributed by atoms with E-state index in [4.69, 9.17) is 12.2 Å². The Balaban J connectivity index is 1.88. The van der Waals surface area contributed by atoms with Gasteiger partial charge in [-0.05, 0) is 0 Å². The van der Waals surface area contributed by atoms with Gasteiger partial charge in [0.1, 0.15) is 0 Å². The van der Waals surface area contributed by atoms with E-state index in [2.05, 4.69) is 50.5 Å². The molecule has 0 fully saturated rings. The van der Waals surface area contributed by atoms with Crippen molar-refractivity contribution in [1.82, 2.24) is 8.10 Å². The number of phenols is 2. The fourth-order valence-electron chi connectivity index (χ4n) is 3.75. The molecule has 0 amide bonds. The second kappa shape index (κ2) is 7.87. The van der Waals surface area contributed by atoms with Gasteiger partial charge in [0, 0.05) is 0 Å². The normalized spacial score (nSPS) is 14.5.